The Morgan fingerprint density at radius 1 is 1.14 bits per heavy atom. The van der Waals surface area contributed by atoms with E-state index >= 15 is 0 Å². The molecular weight excluding hydrogens is 276 g/mol. The van der Waals surface area contributed by atoms with Gasteiger partial charge in [0, 0.05) is 0 Å². The van der Waals surface area contributed by atoms with Gasteiger partial charge >= 0.3 is 0 Å². The molecule has 1 atom stereocenters. The van der Waals surface area contributed by atoms with Gasteiger partial charge in [-0.3, -0.25) is 0 Å². The second kappa shape index (κ2) is 6.10. The highest BCUT2D eigenvalue weighted by Crippen LogP contribution is 2.30. The number of anilines is 1. The van der Waals surface area contributed by atoms with Gasteiger partial charge in [0.1, 0.15) is 5.82 Å². The number of hydrogen-bond acceptors (Lipinski definition) is 3. The molecule has 0 aliphatic carbocycles. The summed E-state index contributed by atoms with van der Waals surface area (Å²) in [5.41, 5.74) is -0.285. The van der Waals surface area contributed by atoms with E-state index < -0.39 is 17.2 Å². The first-order chi connectivity index (χ1) is 10.00. The van der Waals surface area contributed by atoms with Crippen molar-refractivity contribution >= 4 is 5.69 Å². The van der Waals surface area contributed by atoms with Crippen LogP contribution in [0.3, 0.4) is 0 Å². The van der Waals surface area contributed by atoms with E-state index in [9.17, 15) is 13.9 Å². The molecule has 0 aliphatic rings. The van der Waals surface area contributed by atoms with Gasteiger partial charge in [-0.25, -0.2) is 8.78 Å². The molecule has 0 saturated carbocycles. The third-order valence-corrected chi connectivity index (χ3v) is 3.39. The van der Waals surface area contributed by atoms with E-state index in [2.05, 4.69) is 5.32 Å². The molecular formula is C16H17F2NO2. The quantitative estimate of drug-likeness (QED) is 0.889. The lowest BCUT2D eigenvalue weighted by Gasteiger charge is -2.31. The Balaban J connectivity index is 2.37. The van der Waals surface area contributed by atoms with Crippen LogP contribution in [-0.2, 0) is 5.54 Å². The van der Waals surface area contributed by atoms with Gasteiger partial charge in [0.05, 0.1) is 24.9 Å². The predicted octanol–water partition coefficient (Wildman–Crippen LogP) is 3.29. The van der Waals surface area contributed by atoms with Crippen LogP contribution in [0.1, 0.15) is 12.5 Å². The highest BCUT2D eigenvalue weighted by molar-refractivity contribution is 5.49. The summed E-state index contributed by atoms with van der Waals surface area (Å²) in [6.07, 6.45) is 0. The summed E-state index contributed by atoms with van der Waals surface area (Å²) in [7, 11) is 1.38. The SMILES string of the molecule is COc1ccc(C(C)(CO)Nc2ccccc2F)cc1F. The van der Waals surface area contributed by atoms with Crippen molar-refractivity contribution in [2.75, 3.05) is 19.0 Å². The number of rotatable bonds is 5. The predicted molar refractivity (Wildman–Crippen MR) is 77.4 cm³/mol. The minimum absolute atomic E-state index is 0.116. The van der Waals surface area contributed by atoms with Crippen LogP contribution in [0.4, 0.5) is 14.5 Å². The standard InChI is InChI=1S/C16H17F2NO2/c1-16(10-20,19-14-6-4-3-5-12(14)17)11-7-8-15(21-2)13(18)9-11/h3-9,19-20H,10H2,1-2H3. The van der Waals surface area contributed by atoms with Gasteiger partial charge in [-0.05, 0) is 36.8 Å². The molecule has 0 radical (unpaired) electrons. The minimum Gasteiger partial charge on any atom is -0.494 e. The fourth-order valence-electron chi connectivity index (χ4n) is 2.07. The fourth-order valence-corrected chi connectivity index (χ4v) is 2.07. The summed E-state index contributed by atoms with van der Waals surface area (Å²) in [6.45, 7) is 1.34. The van der Waals surface area contributed by atoms with Crippen molar-refractivity contribution in [2.45, 2.75) is 12.5 Å². The molecule has 0 spiro atoms. The molecule has 5 heteroatoms. The lowest BCUT2D eigenvalue weighted by molar-refractivity contribution is 0.223. The zero-order chi connectivity index (χ0) is 15.5. The number of hydrogen-bond donors (Lipinski definition) is 2. The zero-order valence-electron chi connectivity index (χ0n) is 11.9. The lowest BCUT2D eigenvalue weighted by atomic mass is 9.92. The molecule has 2 rings (SSSR count). The minimum atomic E-state index is -1.02. The number of methoxy groups -OCH3 is 1. The molecule has 1 unspecified atom stereocenters. The van der Waals surface area contributed by atoms with Gasteiger partial charge in [-0.2, -0.15) is 0 Å². The average Bonchev–Trinajstić information content (AvgIpc) is 2.49. The van der Waals surface area contributed by atoms with Crippen molar-refractivity contribution < 1.29 is 18.6 Å². The number of aliphatic hydroxyl groups is 1. The van der Waals surface area contributed by atoms with E-state index in [1.165, 1.54) is 25.3 Å². The summed E-state index contributed by atoms with van der Waals surface area (Å²) in [5, 5.41) is 12.6. The fraction of sp³-hybridized carbons (Fsp3) is 0.250. The Kier molecular flexibility index (Phi) is 4.43. The van der Waals surface area contributed by atoms with Crippen LogP contribution >= 0.6 is 0 Å². The highest BCUT2D eigenvalue weighted by atomic mass is 19.1. The average molecular weight is 293 g/mol. The Morgan fingerprint density at radius 3 is 2.43 bits per heavy atom. The first-order valence-corrected chi connectivity index (χ1v) is 6.48. The maximum Gasteiger partial charge on any atom is 0.165 e. The van der Waals surface area contributed by atoms with Gasteiger partial charge in [0.25, 0.3) is 0 Å². The van der Waals surface area contributed by atoms with Crippen LogP contribution in [-0.4, -0.2) is 18.8 Å². The summed E-state index contributed by atoms with van der Waals surface area (Å²) in [6, 6.07) is 10.5. The van der Waals surface area contributed by atoms with Crippen molar-refractivity contribution in [3.05, 3.63) is 59.7 Å². The number of benzene rings is 2. The topological polar surface area (TPSA) is 41.5 Å². The maximum atomic E-state index is 13.8. The van der Waals surface area contributed by atoms with E-state index in [4.69, 9.17) is 4.74 Å². The second-order valence-corrected chi connectivity index (χ2v) is 4.94. The normalized spacial score (nSPS) is 13.6. The number of aliphatic hydroxyl groups excluding tert-OH is 1. The third-order valence-electron chi connectivity index (χ3n) is 3.39. The van der Waals surface area contributed by atoms with Gasteiger partial charge < -0.3 is 15.2 Å². The van der Waals surface area contributed by atoms with E-state index in [0.717, 1.165) is 0 Å². The molecule has 0 heterocycles. The van der Waals surface area contributed by atoms with Gasteiger partial charge in [-0.15, -0.1) is 0 Å². The van der Waals surface area contributed by atoms with E-state index in [1.807, 2.05) is 0 Å². The number of para-hydroxylation sites is 1. The maximum absolute atomic E-state index is 13.8. The van der Waals surface area contributed by atoms with E-state index in [0.29, 0.717) is 5.56 Å². The molecule has 0 bridgehead atoms. The number of nitrogens with one attached hydrogen (secondary N) is 1. The molecule has 2 N–H and O–H groups in total. The molecule has 0 saturated heterocycles. The smallest absolute Gasteiger partial charge is 0.165 e. The molecule has 21 heavy (non-hydrogen) atoms. The Morgan fingerprint density at radius 2 is 1.86 bits per heavy atom. The largest absolute Gasteiger partial charge is 0.494 e. The van der Waals surface area contributed by atoms with Crippen LogP contribution in [0.15, 0.2) is 42.5 Å². The molecule has 0 fully saturated rings. The molecule has 2 aromatic carbocycles. The van der Waals surface area contributed by atoms with Crippen LogP contribution in [0, 0.1) is 11.6 Å². The summed E-state index contributed by atoms with van der Waals surface area (Å²) in [4.78, 5) is 0. The summed E-state index contributed by atoms with van der Waals surface area (Å²) >= 11 is 0. The third kappa shape index (κ3) is 3.13. The Bertz CT molecular complexity index is 633. The summed E-state index contributed by atoms with van der Waals surface area (Å²) < 4.78 is 32.4. The van der Waals surface area contributed by atoms with Crippen LogP contribution in [0.2, 0.25) is 0 Å². The van der Waals surface area contributed by atoms with Gasteiger partial charge in [0.2, 0.25) is 0 Å². The van der Waals surface area contributed by atoms with E-state index in [1.54, 1.807) is 31.2 Å². The van der Waals surface area contributed by atoms with E-state index in [-0.39, 0.29) is 18.0 Å². The van der Waals surface area contributed by atoms with Crippen LogP contribution < -0.4 is 10.1 Å². The Hall–Kier alpha value is -2.14. The lowest BCUT2D eigenvalue weighted by Crippen LogP contribution is -2.36. The van der Waals surface area contributed by atoms with Crippen molar-refractivity contribution in [2.24, 2.45) is 0 Å². The Labute approximate surface area is 122 Å². The summed E-state index contributed by atoms with van der Waals surface area (Å²) in [5.74, 6) is -0.860. The molecule has 2 aromatic rings. The van der Waals surface area contributed by atoms with Crippen LogP contribution in [0.5, 0.6) is 5.75 Å². The first-order valence-electron chi connectivity index (χ1n) is 6.48. The van der Waals surface area contributed by atoms with Crippen LogP contribution in [0.25, 0.3) is 0 Å². The number of halogens is 2. The van der Waals surface area contributed by atoms with Crippen molar-refractivity contribution in [3.63, 3.8) is 0 Å². The van der Waals surface area contributed by atoms with Crippen molar-refractivity contribution in [1.29, 1.82) is 0 Å². The zero-order valence-corrected chi connectivity index (χ0v) is 11.9. The first kappa shape index (κ1) is 15.3. The van der Waals surface area contributed by atoms with Crippen molar-refractivity contribution in [1.82, 2.24) is 0 Å². The van der Waals surface area contributed by atoms with Crippen molar-refractivity contribution in [3.8, 4) is 5.75 Å². The molecule has 0 amide bonds. The molecule has 0 aromatic heterocycles. The monoisotopic (exact) mass is 293 g/mol. The second-order valence-electron chi connectivity index (χ2n) is 4.94. The molecule has 0 aliphatic heterocycles. The van der Waals surface area contributed by atoms with Gasteiger partial charge in [0.15, 0.2) is 11.6 Å². The molecule has 112 valence electrons. The number of ether oxygens (including phenoxy) is 1. The highest BCUT2D eigenvalue weighted by Gasteiger charge is 2.27. The molecule has 3 nitrogen and oxygen atoms in total. The van der Waals surface area contributed by atoms with Gasteiger partial charge in [-0.1, -0.05) is 18.2 Å².